The summed E-state index contributed by atoms with van der Waals surface area (Å²) in [5, 5.41) is 14.5. The Bertz CT molecular complexity index is 1170. The zero-order chi connectivity index (χ0) is 19.6. The van der Waals surface area contributed by atoms with Crippen molar-refractivity contribution in [1.29, 1.82) is 5.26 Å². The molecular weight excluding hydrogens is 378 g/mol. The molecule has 0 saturated carbocycles. The van der Waals surface area contributed by atoms with Gasteiger partial charge in [-0.1, -0.05) is 18.2 Å². The van der Waals surface area contributed by atoms with Crippen LogP contribution in [-0.4, -0.2) is 21.3 Å². The third-order valence-electron chi connectivity index (χ3n) is 5.24. The minimum atomic E-state index is 0.726. The van der Waals surface area contributed by atoms with Crippen molar-refractivity contribution >= 4 is 16.5 Å². The summed E-state index contributed by atoms with van der Waals surface area (Å²) in [6, 6.07) is 18.7. The zero-order valence-corrected chi connectivity index (χ0v) is 16.6. The first-order valence-electron chi connectivity index (χ1n) is 9.59. The molecule has 0 N–H and O–H groups in total. The van der Waals surface area contributed by atoms with E-state index in [2.05, 4.69) is 51.4 Å². The summed E-state index contributed by atoms with van der Waals surface area (Å²) in [4.78, 5) is 8.25. The van der Waals surface area contributed by atoms with Gasteiger partial charge in [0.15, 0.2) is 5.13 Å². The fourth-order valence-corrected chi connectivity index (χ4v) is 4.67. The Morgan fingerprint density at radius 1 is 1.10 bits per heavy atom. The van der Waals surface area contributed by atoms with Crippen LogP contribution in [0.1, 0.15) is 27.1 Å². The first-order chi connectivity index (χ1) is 14.3. The van der Waals surface area contributed by atoms with E-state index in [9.17, 15) is 0 Å². The minimum Gasteiger partial charge on any atom is -0.343 e. The average Bonchev–Trinajstić information content (AvgIpc) is 3.46. The SMILES string of the molecule is N#Cc1ccc2c(c1)CN(c1ncc(Cc3ccc(-n4cccn4)cc3)s1)CC2. The number of rotatable bonds is 4. The van der Waals surface area contributed by atoms with Crippen LogP contribution in [0.4, 0.5) is 5.13 Å². The molecule has 5 rings (SSSR count). The summed E-state index contributed by atoms with van der Waals surface area (Å²) < 4.78 is 1.86. The van der Waals surface area contributed by atoms with Gasteiger partial charge in [-0.05, 0) is 53.4 Å². The number of fused-ring (bicyclic) bond motifs is 1. The molecule has 29 heavy (non-hydrogen) atoms. The zero-order valence-electron chi connectivity index (χ0n) is 15.8. The van der Waals surface area contributed by atoms with E-state index in [0.29, 0.717) is 0 Å². The first kappa shape index (κ1) is 17.7. The van der Waals surface area contributed by atoms with Crippen molar-refractivity contribution in [3.05, 3.63) is 94.3 Å². The van der Waals surface area contributed by atoms with Gasteiger partial charge in [0.2, 0.25) is 0 Å². The maximum absolute atomic E-state index is 9.16. The van der Waals surface area contributed by atoms with E-state index in [0.717, 1.165) is 42.3 Å². The van der Waals surface area contributed by atoms with Crippen LogP contribution in [0.5, 0.6) is 0 Å². The Morgan fingerprint density at radius 3 is 2.79 bits per heavy atom. The number of hydrogen-bond acceptors (Lipinski definition) is 5. The molecule has 0 atom stereocenters. The van der Waals surface area contributed by atoms with E-state index in [1.165, 1.54) is 21.6 Å². The molecule has 0 amide bonds. The highest BCUT2D eigenvalue weighted by Crippen LogP contribution is 2.29. The Kier molecular flexibility index (Phi) is 4.59. The number of thiazole rings is 1. The lowest BCUT2D eigenvalue weighted by atomic mass is 9.98. The molecule has 0 spiro atoms. The molecule has 0 saturated heterocycles. The van der Waals surface area contributed by atoms with Gasteiger partial charge in [0.1, 0.15) is 0 Å². The second-order valence-corrected chi connectivity index (χ2v) is 8.26. The fraction of sp³-hybridized carbons (Fsp3) is 0.174. The number of anilines is 1. The molecule has 5 nitrogen and oxygen atoms in total. The molecular formula is C23H19N5S. The lowest BCUT2D eigenvalue weighted by Gasteiger charge is -2.28. The van der Waals surface area contributed by atoms with Crippen LogP contribution in [0.25, 0.3) is 5.69 Å². The molecule has 142 valence electrons. The molecule has 3 heterocycles. The van der Waals surface area contributed by atoms with Crippen LogP contribution in [0.2, 0.25) is 0 Å². The van der Waals surface area contributed by atoms with E-state index in [4.69, 9.17) is 5.26 Å². The van der Waals surface area contributed by atoms with E-state index >= 15 is 0 Å². The molecule has 1 aliphatic rings. The quantitative estimate of drug-likeness (QED) is 0.514. The van der Waals surface area contributed by atoms with Crippen molar-refractivity contribution in [3.63, 3.8) is 0 Å². The smallest absolute Gasteiger partial charge is 0.185 e. The van der Waals surface area contributed by atoms with Gasteiger partial charge in [-0.25, -0.2) is 9.67 Å². The van der Waals surface area contributed by atoms with Gasteiger partial charge in [-0.15, -0.1) is 11.3 Å². The molecule has 0 unspecified atom stereocenters. The van der Waals surface area contributed by atoms with Crippen molar-refractivity contribution in [2.75, 3.05) is 11.4 Å². The van der Waals surface area contributed by atoms with Crippen LogP contribution in [-0.2, 0) is 19.4 Å². The Balaban J connectivity index is 1.29. The monoisotopic (exact) mass is 397 g/mol. The highest BCUT2D eigenvalue weighted by atomic mass is 32.1. The summed E-state index contributed by atoms with van der Waals surface area (Å²) >= 11 is 1.75. The highest BCUT2D eigenvalue weighted by Gasteiger charge is 2.19. The molecule has 0 bridgehead atoms. The number of aromatic nitrogens is 3. The number of hydrogen-bond donors (Lipinski definition) is 0. The normalized spacial score (nSPS) is 13.1. The highest BCUT2D eigenvalue weighted by molar-refractivity contribution is 7.15. The fourth-order valence-electron chi connectivity index (χ4n) is 3.70. The second-order valence-electron chi connectivity index (χ2n) is 7.17. The lowest BCUT2D eigenvalue weighted by molar-refractivity contribution is 0.728. The second kappa shape index (κ2) is 7.53. The van der Waals surface area contributed by atoms with Gasteiger partial charge in [0.05, 0.1) is 17.3 Å². The molecule has 4 aromatic rings. The first-order valence-corrected chi connectivity index (χ1v) is 10.4. The summed E-state index contributed by atoms with van der Waals surface area (Å²) in [6.45, 7) is 1.78. The molecule has 1 aliphatic heterocycles. The van der Waals surface area contributed by atoms with Gasteiger partial charge < -0.3 is 4.90 Å². The number of benzene rings is 2. The predicted molar refractivity (Wildman–Crippen MR) is 114 cm³/mol. The Morgan fingerprint density at radius 2 is 2.00 bits per heavy atom. The maximum Gasteiger partial charge on any atom is 0.185 e. The molecule has 0 aliphatic carbocycles. The summed E-state index contributed by atoms with van der Waals surface area (Å²) in [7, 11) is 0. The van der Waals surface area contributed by atoms with Crippen LogP contribution < -0.4 is 4.90 Å². The van der Waals surface area contributed by atoms with Crippen molar-refractivity contribution in [3.8, 4) is 11.8 Å². The van der Waals surface area contributed by atoms with E-state index in [1.807, 2.05) is 35.3 Å². The predicted octanol–water partition coefficient (Wildman–Crippen LogP) is 4.35. The maximum atomic E-state index is 9.16. The summed E-state index contributed by atoms with van der Waals surface area (Å²) in [5.41, 5.74) is 5.63. The standard InChI is InChI=1S/C23H19N5S/c24-14-18-2-5-19-8-11-27(16-20(19)12-18)23-25-15-22(29-23)13-17-3-6-21(7-4-17)28-10-1-9-26-28/h1-7,9-10,12,15H,8,11,13,16H2. The van der Waals surface area contributed by atoms with Gasteiger partial charge in [-0.3, -0.25) is 0 Å². The van der Waals surface area contributed by atoms with Gasteiger partial charge in [0, 0.05) is 43.0 Å². The average molecular weight is 398 g/mol. The van der Waals surface area contributed by atoms with Crippen LogP contribution in [0, 0.1) is 11.3 Å². The molecule has 2 aromatic heterocycles. The largest absolute Gasteiger partial charge is 0.343 e. The van der Waals surface area contributed by atoms with Crippen LogP contribution >= 0.6 is 11.3 Å². The van der Waals surface area contributed by atoms with E-state index in [-0.39, 0.29) is 0 Å². The lowest BCUT2D eigenvalue weighted by Crippen LogP contribution is -2.30. The summed E-state index contributed by atoms with van der Waals surface area (Å²) in [6.07, 6.45) is 7.58. The van der Waals surface area contributed by atoms with E-state index in [1.54, 1.807) is 17.5 Å². The Labute approximate surface area is 173 Å². The van der Waals surface area contributed by atoms with Crippen molar-refractivity contribution in [2.24, 2.45) is 0 Å². The third-order valence-corrected chi connectivity index (χ3v) is 6.30. The third kappa shape index (κ3) is 3.65. The van der Waals surface area contributed by atoms with Crippen molar-refractivity contribution in [1.82, 2.24) is 14.8 Å². The molecule has 0 fully saturated rings. The minimum absolute atomic E-state index is 0.726. The topological polar surface area (TPSA) is 57.7 Å². The van der Waals surface area contributed by atoms with Crippen LogP contribution in [0.3, 0.4) is 0 Å². The van der Waals surface area contributed by atoms with Crippen LogP contribution in [0.15, 0.2) is 67.1 Å². The summed E-state index contributed by atoms with van der Waals surface area (Å²) in [5.74, 6) is 0. The van der Waals surface area contributed by atoms with Crippen molar-refractivity contribution < 1.29 is 0 Å². The number of nitrogens with zero attached hydrogens (tertiary/aromatic N) is 5. The number of nitriles is 1. The Hall–Kier alpha value is -3.43. The van der Waals surface area contributed by atoms with Gasteiger partial charge in [0.25, 0.3) is 0 Å². The molecule has 6 heteroatoms. The molecule has 2 aromatic carbocycles. The van der Waals surface area contributed by atoms with Gasteiger partial charge >= 0.3 is 0 Å². The van der Waals surface area contributed by atoms with E-state index < -0.39 is 0 Å². The van der Waals surface area contributed by atoms with Gasteiger partial charge in [-0.2, -0.15) is 10.4 Å². The van der Waals surface area contributed by atoms with Crippen molar-refractivity contribution in [2.45, 2.75) is 19.4 Å². The molecule has 0 radical (unpaired) electrons.